The van der Waals surface area contributed by atoms with Gasteiger partial charge in [-0.3, -0.25) is 9.69 Å². The number of nitrogens with one attached hydrogen (secondary N) is 1. The highest BCUT2D eigenvalue weighted by Crippen LogP contribution is 2.26. The van der Waals surface area contributed by atoms with Crippen LogP contribution < -0.4 is 16.0 Å². The van der Waals surface area contributed by atoms with E-state index >= 15 is 0 Å². The number of nitrogens with zero attached hydrogens (tertiary/aromatic N) is 2. The molecule has 116 valence electrons. The molecule has 5 nitrogen and oxygen atoms in total. The van der Waals surface area contributed by atoms with Crippen molar-refractivity contribution < 1.29 is 4.79 Å². The molecule has 1 fully saturated rings. The summed E-state index contributed by atoms with van der Waals surface area (Å²) in [6.07, 6.45) is 0. The SMILES string of the molecule is CCNC(=O)c1ccc(N)c(N2CCN(C(C)C)CC2)c1. The molecule has 0 unspecified atom stereocenters. The molecule has 0 aliphatic carbocycles. The van der Waals surface area contributed by atoms with Crippen molar-refractivity contribution in [1.29, 1.82) is 0 Å². The molecule has 3 N–H and O–H groups in total. The van der Waals surface area contributed by atoms with Gasteiger partial charge < -0.3 is 16.0 Å². The van der Waals surface area contributed by atoms with E-state index in [1.165, 1.54) is 0 Å². The van der Waals surface area contributed by atoms with Crippen LogP contribution in [0.5, 0.6) is 0 Å². The van der Waals surface area contributed by atoms with Crippen LogP contribution in [-0.2, 0) is 0 Å². The maximum atomic E-state index is 12.0. The number of hydrogen-bond acceptors (Lipinski definition) is 4. The predicted molar refractivity (Wildman–Crippen MR) is 87.8 cm³/mol. The normalized spacial score (nSPS) is 16.3. The lowest BCUT2D eigenvalue weighted by Crippen LogP contribution is -2.49. The molecule has 1 aromatic carbocycles. The number of hydrogen-bond donors (Lipinski definition) is 2. The van der Waals surface area contributed by atoms with E-state index in [2.05, 4.69) is 29.0 Å². The summed E-state index contributed by atoms with van der Waals surface area (Å²) < 4.78 is 0. The Morgan fingerprint density at radius 3 is 2.52 bits per heavy atom. The van der Waals surface area contributed by atoms with Crippen LogP contribution in [0, 0.1) is 0 Å². The van der Waals surface area contributed by atoms with Gasteiger partial charge in [-0.1, -0.05) is 0 Å². The quantitative estimate of drug-likeness (QED) is 0.826. The second kappa shape index (κ2) is 6.80. The molecule has 0 spiro atoms. The van der Waals surface area contributed by atoms with Gasteiger partial charge in [0.2, 0.25) is 0 Å². The molecule has 1 amide bonds. The van der Waals surface area contributed by atoms with Crippen molar-refractivity contribution >= 4 is 17.3 Å². The van der Waals surface area contributed by atoms with Gasteiger partial charge in [-0.15, -0.1) is 0 Å². The molecule has 0 radical (unpaired) electrons. The molecule has 1 aliphatic rings. The maximum Gasteiger partial charge on any atom is 0.251 e. The Hall–Kier alpha value is -1.75. The summed E-state index contributed by atoms with van der Waals surface area (Å²) >= 11 is 0. The molecule has 0 bridgehead atoms. The molecule has 1 heterocycles. The molecular weight excluding hydrogens is 264 g/mol. The maximum absolute atomic E-state index is 12.0. The fourth-order valence-corrected chi connectivity index (χ4v) is 2.70. The molecule has 5 heteroatoms. The Bertz CT molecular complexity index is 493. The van der Waals surface area contributed by atoms with Gasteiger partial charge in [-0.05, 0) is 39.0 Å². The van der Waals surface area contributed by atoms with Crippen molar-refractivity contribution in [3.05, 3.63) is 23.8 Å². The first-order chi connectivity index (χ1) is 10.0. The molecule has 2 rings (SSSR count). The summed E-state index contributed by atoms with van der Waals surface area (Å²) in [4.78, 5) is 16.7. The van der Waals surface area contributed by atoms with Gasteiger partial charge in [0, 0.05) is 44.3 Å². The third-order valence-corrected chi connectivity index (χ3v) is 4.02. The molecule has 0 atom stereocenters. The predicted octanol–water partition coefficient (Wildman–Crippen LogP) is 1.55. The van der Waals surface area contributed by atoms with Crippen LogP contribution in [0.2, 0.25) is 0 Å². The van der Waals surface area contributed by atoms with E-state index in [0.29, 0.717) is 18.2 Å². The zero-order valence-electron chi connectivity index (χ0n) is 13.2. The first-order valence-electron chi connectivity index (χ1n) is 7.69. The number of nitrogens with two attached hydrogens (primary N) is 1. The van der Waals surface area contributed by atoms with Gasteiger partial charge in [-0.2, -0.15) is 0 Å². The van der Waals surface area contributed by atoms with E-state index in [-0.39, 0.29) is 5.91 Å². The van der Waals surface area contributed by atoms with E-state index in [4.69, 9.17) is 5.73 Å². The second-order valence-electron chi connectivity index (χ2n) is 5.75. The number of rotatable bonds is 4. The summed E-state index contributed by atoms with van der Waals surface area (Å²) in [7, 11) is 0. The lowest BCUT2D eigenvalue weighted by molar-refractivity contribution is 0.0956. The van der Waals surface area contributed by atoms with Gasteiger partial charge in [0.15, 0.2) is 0 Å². The average molecular weight is 290 g/mol. The minimum absolute atomic E-state index is 0.0421. The highest BCUT2D eigenvalue weighted by molar-refractivity contribution is 5.96. The van der Waals surface area contributed by atoms with Gasteiger partial charge >= 0.3 is 0 Å². The van der Waals surface area contributed by atoms with Crippen molar-refractivity contribution in [1.82, 2.24) is 10.2 Å². The number of amides is 1. The molecule has 1 saturated heterocycles. The zero-order valence-corrected chi connectivity index (χ0v) is 13.2. The summed E-state index contributed by atoms with van der Waals surface area (Å²) in [5.41, 5.74) is 8.49. The molecule has 21 heavy (non-hydrogen) atoms. The van der Waals surface area contributed by atoms with Crippen LogP contribution >= 0.6 is 0 Å². The second-order valence-corrected chi connectivity index (χ2v) is 5.75. The Morgan fingerprint density at radius 2 is 1.95 bits per heavy atom. The van der Waals surface area contributed by atoms with E-state index in [0.717, 1.165) is 37.6 Å². The lowest BCUT2D eigenvalue weighted by atomic mass is 10.1. The average Bonchev–Trinajstić information content (AvgIpc) is 2.48. The molecule has 0 aromatic heterocycles. The summed E-state index contributed by atoms with van der Waals surface area (Å²) in [6.45, 7) is 10.9. The molecule has 0 saturated carbocycles. The smallest absolute Gasteiger partial charge is 0.251 e. The van der Waals surface area contributed by atoms with E-state index < -0.39 is 0 Å². The van der Waals surface area contributed by atoms with Crippen LogP contribution in [0.25, 0.3) is 0 Å². The van der Waals surface area contributed by atoms with Crippen LogP contribution in [0.1, 0.15) is 31.1 Å². The van der Waals surface area contributed by atoms with Gasteiger partial charge in [0.05, 0.1) is 11.4 Å². The number of carbonyl (C=O) groups is 1. The highest BCUT2D eigenvalue weighted by atomic mass is 16.1. The lowest BCUT2D eigenvalue weighted by Gasteiger charge is -2.38. The number of piperazine rings is 1. The molecule has 1 aromatic rings. The Balaban J connectivity index is 2.13. The fraction of sp³-hybridized carbons (Fsp3) is 0.562. The van der Waals surface area contributed by atoms with Gasteiger partial charge in [0.25, 0.3) is 5.91 Å². The fourth-order valence-electron chi connectivity index (χ4n) is 2.70. The van der Waals surface area contributed by atoms with Crippen LogP contribution in [0.15, 0.2) is 18.2 Å². The third-order valence-electron chi connectivity index (χ3n) is 4.02. The number of nitrogen functional groups attached to an aromatic ring is 1. The number of carbonyl (C=O) groups excluding carboxylic acids is 1. The monoisotopic (exact) mass is 290 g/mol. The van der Waals surface area contributed by atoms with Crippen LogP contribution in [0.4, 0.5) is 11.4 Å². The van der Waals surface area contributed by atoms with Crippen molar-refractivity contribution in [2.45, 2.75) is 26.8 Å². The molecule has 1 aliphatic heterocycles. The highest BCUT2D eigenvalue weighted by Gasteiger charge is 2.21. The minimum Gasteiger partial charge on any atom is -0.397 e. The van der Waals surface area contributed by atoms with Crippen LogP contribution in [-0.4, -0.2) is 49.6 Å². The summed E-state index contributed by atoms with van der Waals surface area (Å²) in [6, 6.07) is 6.10. The van der Waals surface area contributed by atoms with Crippen molar-refractivity contribution in [2.24, 2.45) is 0 Å². The Labute approximate surface area is 127 Å². The van der Waals surface area contributed by atoms with Crippen molar-refractivity contribution in [3.63, 3.8) is 0 Å². The largest absolute Gasteiger partial charge is 0.397 e. The third kappa shape index (κ3) is 3.67. The van der Waals surface area contributed by atoms with E-state index in [9.17, 15) is 4.79 Å². The zero-order chi connectivity index (χ0) is 15.4. The standard InChI is InChI=1S/C16H26N4O/c1-4-18-16(21)13-5-6-14(17)15(11-13)20-9-7-19(8-10-20)12(2)3/h5-6,11-12H,4,7-10,17H2,1-3H3,(H,18,21). The summed E-state index contributed by atoms with van der Waals surface area (Å²) in [5, 5.41) is 2.83. The van der Waals surface area contributed by atoms with Gasteiger partial charge in [0.1, 0.15) is 0 Å². The van der Waals surface area contributed by atoms with Gasteiger partial charge in [-0.25, -0.2) is 0 Å². The first kappa shape index (κ1) is 15.6. The van der Waals surface area contributed by atoms with Crippen molar-refractivity contribution in [3.8, 4) is 0 Å². The topological polar surface area (TPSA) is 61.6 Å². The van der Waals surface area contributed by atoms with Crippen LogP contribution in [0.3, 0.4) is 0 Å². The van der Waals surface area contributed by atoms with E-state index in [1.54, 1.807) is 6.07 Å². The first-order valence-corrected chi connectivity index (χ1v) is 7.69. The number of benzene rings is 1. The van der Waals surface area contributed by atoms with Crippen molar-refractivity contribution in [2.75, 3.05) is 43.4 Å². The molecular formula is C16H26N4O. The van der Waals surface area contributed by atoms with E-state index in [1.807, 2.05) is 19.1 Å². The number of anilines is 2. The Morgan fingerprint density at radius 1 is 1.29 bits per heavy atom. The summed E-state index contributed by atoms with van der Waals surface area (Å²) in [5.74, 6) is -0.0421. The minimum atomic E-state index is -0.0421. The Kier molecular flexibility index (Phi) is 5.07.